The van der Waals surface area contributed by atoms with Crippen LogP contribution in [0.3, 0.4) is 0 Å². The Morgan fingerprint density at radius 1 is 1.31 bits per heavy atom. The highest BCUT2D eigenvalue weighted by molar-refractivity contribution is 7.14. The summed E-state index contributed by atoms with van der Waals surface area (Å²) in [7, 11) is 1.64. The number of nitrogens with one attached hydrogen (secondary N) is 1. The normalized spacial score (nSPS) is 10.8. The van der Waals surface area contributed by atoms with Gasteiger partial charge in [0.1, 0.15) is 11.5 Å². The number of anilines is 1. The molecule has 2 heterocycles. The predicted molar refractivity (Wildman–Crippen MR) is 102 cm³/mol. The Morgan fingerprint density at radius 2 is 2.12 bits per heavy atom. The number of aromatic nitrogens is 2. The van der Waals surface area contributed by atoms with Gasteiger partial charge in [-0.2, -0.15) is 0 Å². The van der Waals surface area contributed by atoms with E-state index >= 15 is 0 Å². The van der Waals surface area contributed by atoms with E-state index in [1.165, 1.54) is 11.3 Å². The number of hydrogen-bond donors (Lipinski definition) is 1. The van der Waals surface area contributed by atoms with Gasteiger partial charge in [0.25, 0.3) is 0 Å². The van der Waals surface area contributed by atoms with Crippen LogP contribution in [0, 0.1) is 20.8 Å². The lowest BCUT2D eigenvalue weighted by atomic mass is 10.1. The third-order valence-corrected chi connectivity index (χ3v) is 4.92. The number of amides is 1. The Balaban J connectivity index is 1.67. The first-order chi connectivity index (χ1) is 12.5. The van der Waals surface area contributed by atoms with Crippen LogP contribution in [0.1, 0.15) is 29.0 Å². The van der Waals surface area contributed by atoms with Crippen molar-refractivity contribution in [3.05, 3.63) is 46.2 Å². The van der Waals surface area contributed by atoms with Gasteiger partial charge in [0, 0.05) is 22.9 Å². The summed E-state index contributed by atoms with van der Waals surface area (Å²) in [5.74, 6) is 1.44. The molecule has 1 aromatic carbocycles. The standard InChI is InChI=1S/C19H21N3O3S/c1-11-5-7-17(24-4)15(9-11)16-10-26-19(20-16)21-18(23)8-6-14-12(2)22-25-13(14)3/h5,7,9-10H,6,8H2,1-4H3,(H,20,21,23). The van der Waals surface area contributed by atoms with E-state index in [9.17, 15) is 4.79 Å². The second kappa shape index (κ2) is 7.70. The van der Waals surface area contributed by atoms with E-state index in [1.54, 1.807) is 7.11 Å². The molecular weight excluding hydrogens is 350 g/mol. The van der Waals surface area contributed by atoms with E-state index < -0.39 is 0 Å². The van der Waals surface area contributed by atoms with Gasteiger partial charge in [0.2, 0.25) is 5.91 Å². The van der Waals surface area contributed by atoms with E-state index in [0.29, 0.717) is 18.0 Å². The van der Waals surface area contributed by atoms with E-state index in [2.05, 4.69) is 15.5 Å². The smallest absolute Gasteiger partial charge is 0.226 e. The molecule has 6 nitrogen and oxygen atoms in total. The summed E-state index contributed by atoms with van der Waals surface area (Å²) in [5.41, 5.74) is 4.65. The van der Waals surface area contributed by atoms with Gasteiger partial charge < -0.3 is 14.6 Å². The molecule has 0 aliphatic rings. The lowest BCUT2D eigenvalue weighted by Crippen LogP contribution is -2.12. The molecule has 0 bridgehead atoms. The molecule has 0 aliphatic heterocycles. The van der Waals surface area contributed by atoms with Gasteiger partial charge in [-0.3, -0.25) is 4.79 Å². The van der Waals surface area contributed by atoms with Crippen LogP contribution in [0.15, 0.2) is 28.1 Å². The second-order valence-corrected chi connectivity index (χ2v) is 6.95. The first kappa shape index (κ1) is 18.1. The van der Waals surface area contributed by atoms with Crippen LogP contribution in [0.25, 0.3) is 11.3 Å². The predicted octanol–water partition coefficient (Wildman–Crippen LogP) is 4.30. The zero-order valence-corrected chi connectivity index (χ0v) is 16.1. The number of ether oxygens (including phenoxy) is 1. The summed E-state index contributed by atoms with van der Waals surface area (Å²) in [6.07, 6.45) is 0.947. The second-order valence-electron chi connectivity index (χ2n) is 6.09. The minimum atomic E-state index is -0.0814. The van der Waals surface area contributed by atoms with Crippen LogP contribution >= 0.6 is 11.3 Å². The van der Waals surface area contributed by atoms with Crippen molar-refractivity contribution in [3.63, 3.8) is 0 Å². The summed E-state index contributed by atoms with van der Waals surface area (Å²) in [6, 6.07) is 5.94. The summed E-state index contributed by atoms with van der Waals surface area (Å²) < 4.78 is 10.5. The third kappa shape index (κ3) is 3.94. The first-order valence-corrected chi connectivity index (χ1v) is 9.18. The molecule has 0 fully saturated rings. The third-order valence-electron chi connectivity index (χ3n) is 4.16. The van der Waals surface area contributed by atoms with E-state index in [1.807, 2.05) is 44.4 Å². The van der Waals surface area contributed by atoms with Crippen LogP contribution in [0.2, 0.25) is 0 Å². The molecule has 3 aromatic rings. The highest BCUT2D eigenvalue weighted by atomic mass is 32.1. The molecule has 3 rings (SSSR count). The fourth-order valence-electron chi connectivity index (χ4n) is 2.76. The molecule has 26 heavy (non-hydrogen) atoms. The number of hydrogen-bond acceptors (Lipinski definition) is 6. The van der Waals surface area contributed by atoms with Gasteiger partial charge in [0.05, 0.1) is 18.5 Å². The van der Waals surface area contributed by atoms with Crippen LogP contribution in [0.4, 0.5) is 5.13 Å². The maximum Gasteiger partial charge on any atom is 0.226 e. The zero-order valence-electron chi connectivity index (χ0n) is 15.3. The highest BCUT2D eigenvalue weighted by Gasteiger charge is 2.14. The number of nitrogens with zero attached hydrogens (tertiary/aromatic N) is 2. The molecule has 0 aliphatic carbocycles. The maximum absolute atomic E-state index is 12.2. The van der Waals surface area contributed by atoms with Crippen molar-refractivity contribution < 1.29 is 14.1 Å². The van der Waals surface area contributed by atoms with Gasteiger partial charge in [-0.05, 0) is 39.3 Å². The van der Waals surface area contributed by atoms with E-state index in [-0.39, 0.29) is 5.91 Å². The number of thiazole rings is 1. The van der Waals surface area contributed by atoms with Crippen molar-refractivity contribution in [1.82, 2.24) is 10.1 Å². The van der Waals surface area contributed by atoms with Crippen LogP contribution < -0.4 is 10.1 Å². The molecule has 0 saturated heterocycles. The SMILES string of the molecule is COc1ccc(C)cc1-c1csc(NC(=O)CCc2c(C)noc2C)n1. The van der Waals surface area contributed by atoms with Crippen LogP contribution in [0.5, 0.6) is 5.75 Å². The topological polar surface area (TPSA) is 77.2 Å². The van der Waals surface area contributed by atoms with Crippen molar-refractivity contribution >= 4 is 22.4 Å². The maximum atomic E-state index is 12.2. The molecule has 7 heteroatoms. The van der Waals surface area contributed by atoms with Crippen molar-refractivity contribution in [2.24, 2.45) is 0 Å². The molecule has 2 aromatic heterocycles. The molecular formula is C19H21N3O3S. The Morgan fingerprint density at radius 3 is 2.81 bits per heavy atom. The van der Waals surface area contributed by atoms with Crippen LogP contribution in [-0.4, -0.2) is 23.2 Å². The van der Waals surface area contributed by atoms with Gasteiger partial charge in [-0.15, -0.1) is 11.3 Å². The first-order valence-electron chi connectivity index (χ1n) is 8.30. The van der Waals surface area contributed by atoms with Gasteiger partial charge >= 0.3 is 0 Å². The lowest BCUT2D eigenvalue weighted by molar-refractivity contribution is -0.116. The number of aryl methyl sites for hydroxylation is 3. The molecule has 0 spiro atoms. The Labute approximate surface area is 156 Å². The number of benzene rings is 1. The number of rotatable bonds is 6. The highest BCUT2D eigenvalue weighted by Crippen LogP contribution is 2.33. The quantitative estimate of drug-likeness (QED) is 0.699. The van der Waals surface area contributed by atoms with Crippen molar-refractivity contribution in [2.75, 3.05) is 12.4 Å². The fraction of sp³-hybridized carbons (Fsp3) is 0.316. The molecule has 1 N–H and O–H groups in total. The molecule has 0 unspecified atom stereocenters. The lowest BCUT2D eigenvalue weighted by Gasteiger charge is -2.07. The summed E-state index contributed by atoms with van der Waals surface area (Å²) in [6.45, 7) is 5.76. The van der Waals surface area contributed by atoms with Crippen molar-refractivity contribution in [1.29, 1.82) is 0 Å². The van der Waals surface area contributed by atoms with Crippen molar-refractivity contribution in [2.45, 2.75) is 33.6 Å². The molecule has 1 amide bonds. The number of carbonyl (C=O) groups excluding carboxylic acids is 1. The minimum Gasteiger partial charge on any atom is -0.496 e. The summed E-state index contributed by atoms with van der Waals surface area (Å²) in [4.78, 5) is 16.8. The summed E-state index contributed by atoms with van der Waals surface area (Å²) >= 11 is 1.40. The van der Waals surface area contributed by atoms with Crippen LogP contribution in [-0.2, 0) is 11.2 Å². The van der Waals surface area contributed by atoms with E-state index in [0.717, 1.165) is 39.6 Å². The number of methoxy groups -OCH3 is 1. The average Bonchev–Trinajstić information content (AvgIpc) is 3.20. The monoisotopic (exact) mass is 371 g/mol. The molecule has 0 radical (unpaired) electrons. The average molecular weight is 371 g/mol. The Bertz CT molecular complexity index is 911. The van der Waals surface area contributed by atoms with Crippen molar-refractivity contribution in [3.8, 4) is 17.0 Å². The van der Waals surface area contributed by atoms with Gasteiger partial charge in [-0.25, -0.2) is 4.98 Å². The fourth-order valence-corrected chi connectivity index (χ4v) is 3.48. The molecule has 0 saturated carbocycles. The van der Waals surface area contributed by atoms with Gasteiger partial charge in [0.15, 0.2) is 5.13 Å². The van der Waals surface area contributed by atoms with E-state index in [4.69, 9.17) is 9.26 Å². The Kier molecular flexibility index (Phi) is 5.37. The number of carbonyl (C=O) groups is 1. The Hall–Kier alpha value is -2.67. The van der Waals surface area contributed by atoms with Gasteiger partial charge in [-0.1, -0.05) is 16.8 Å². The summed E-state index contributed by atoms with van der Waals surface area (Å²) in [5, 5.41) is 9.27. The molecule has 0 atom stereocenters. The zero-order chi connectivity index (χ0) is 18.7. The minimum absolute atomic E-state index is 0.0814. The largest absolute Gasteiger partial charge is 0.496 e. The molecule has 136 valence electrons.